The monoisotopic (exact) mass is 655 g/mol. The van der Waals surface area contributed by atoms with Crippen LogP contribution >= 0.6 is 11.6 Å². The molecule has 0 aliphatic carbocycles. The summed E-state index contributed by atoms with van der Waals surface area (Å²) < 4.78 is 23.0. The van der Waals surface area contributed by atoms with Crippen molar-refractivity contribution in [2.45, 2.75) is 65.2 Å². The Morgan fingerprint density at radius 3 is 1.66 bits per heavy atom. The normalized spacial score (nSPS) is 11.0. The SMILES string of the molecule is CCCCCCOc1ccc(C(=O)Oc2ccc(OC(=O)c3ccc(OCCCCCC)cc3)c(C=Nc3ccc(Cl)cc3)c2)cc1. The number of carbonyl (C=O) groups excluding carboxylic acids is 2. The summed E-state index contributed by atoms with van der Waals surface area (Å²) in [5.41, 5.74) is 1.83. The topological polar surface area (TPSA) is 83.4 Å². The Hall–Kier alpha value is -4.62. The van der Waals surface area contributed by atoms with Gasteiger partial charge in [-0.3, -0.25) is 4.99 Å². The van der Waals surface area contributed by atoms with Crippen LogP contribution in [0.5, 0.6) is 23.0 Å². The highest BCUT2D eigenvalue weighted by Gasteiger charge is 2.15. The van der Waals surface area contributed by atoms with Gasteiger partial charge in [0.2, 0.25) is 0 Å². The van der Waals surface area contributed by atoms with Crippen molar-refractivity contribution in [2.75, 3.05) is 13.2 Å². The fraction of sp³-hybridized carbons (Fsp3) is 0.308. The van der Waals surface area contributed by atoms with Gasteiger partial charge < -0.3 is 18.9 Å². The third-order valence-corrected chi connectivity index (χ3v) is 7.54. The fourth-order valence-corrected chi connectivity index (χ4v) is 4.72. The van der Waals surface area contributed by atoms with E-state index in [4.69, 9.17) is 30.5 Å². The second-order valence-corrected chi connectivity index (χ2v) is 11.5. The van der Waals surface area contributed by atoms with Crippen molar-refractivity contribution in [1.82, 2.24) is 0 Å². The lowest BCUT2D eigenvalue weighted by Crippen LogP contribution is -2.11. The van der Waals surface area contributed by atoms with Crippen molar-refractivity contribution in [3.8, 4) is 23.0 Å². The van der Waals surface area contributed by atoms with Gasteiger partial charge in [0, 0.05) is 16.8 Å². The van der Waals surface area contributed by atoms with Crippen molar-refractivity contribution in [3.05, 3.63) is 113 Å². The lowest BCUT2D eigenvalue weighted by Gasteiger charge is -2.11. The molecule has 7 nitrogen and oxygen atoms in total. The lowest BCUT2D eigenvalue weighted by atomic mass is 10.2. The predicted molar refractivity (Wildman–Crippen MR) is 187 cm³/mol. The average Bonchev–Trinajstić information content (AvgIpc) is 3.09. The van der Waals surface area contributed by atoms with Gasteiger partial charge in [-0.1, -0.05) is 64.0 Å². The molecule has 0 heterocycles. The number of esters is 2. The molecule has 8 heteroatoms. The lowest BCUT2D eigenvalue weighted by molar-refractivity contribution is 0.0719. The molecule has 0 radical (unpaired) electrons. The van der Waals surface area contributed by atoms with Gasteiger partial charge in [-0.05, 0) is 104 Å². The summed E-state index contributed by atoms with van der Waals surface area (Å²) in [5, 5.41) is 0.590. The van der Waals surface area contributed by atoms with Gasteiger partial charge in [0.15, 0.2) is 0 Å². The van der Waals surface area contributed by atoms with Crippen molar-refractivity contribution < 1.29 is 28.5 Å². The largest absolute Gasteiger partial charge is 0.494 e. The molecule has 4 aromatic rings. The Labute approximate surface area is 282 Å². The van der Waals surface area contributed by atoms with E-state index in [1.54, 1.807) is 97.2 Å². The summed E-state index contributed by atoms with van der Waals surface area (Å²) in [4.78, 5) is 30.6. The van der Waals surface area contributed by atoms with Crippen LogP contribution in [-0.2, 0) is 0 Å². The summed E-state index contributed by atoms with van der Waals surface area (Å²) in [6.45, 7) is 5.62. The molecule has 0 aliphatic rings. The summed E-state index contributed by atoms with van der Waals surface area (Å²) >= 11 is 6.02. The summed E-state index contributed by atoms with van der Waals surface area (Å²) in [6.07, 6.45) is 10.5. The van der Waals surface area contributed by atoms with E-state index >= 15 is 0 Å². The van der Waals surface area contributed by atoms with Gasteiger partial charge in [0.25, 0.3) is 0 Å². The van der Waals surface area contributed by atoms with Gasteiger partial charge in [0.05, 0.1) is 30.0 Å². The maximum absolute atomic E-state index is 13.1. The van der Waals surface area contributed by atoms with Crippen LogP contribution in [0.1, 0.15) is 91.5 Å². The van der Waals surface area contributed by atoms with Gasteiger partial charge in [0.1, 0.15) is 23.0 Å². The van der Waals surface area contributed by atoms with E-state index in [1.165, 1.54) is 25.7 Å². The molecule has 47 heavy (non-hydrogen) atoms. The van der Waals surface area contributed by atoms with Crippen LogP contribution in [0.15, 0.2) is 96.0 Å². The van der Waals surface area contributed by atoms with Crippen LogP contribution in [0.2, 0.25) is 5.02 Å². The zero-order valence-electron chi connectivity index (χ0n) is 27.1. The molecule has 4 rings (SSSR count). The number of aliphatic imine (C=N–C) groups is 1. The standard InChI is InChI=1S/C39H42ClNO6/c1-3-5-7-9-25-44-34-19-11-29(12-20-34)38(42)46-36-23-24-37(31(27-36)28-41-33-17-15-32(40)16-18-33)47-39(43)30-13-21-35(22-14-30)45-26-10-8-6-4-2/h11-24,27-28H,3-10,25-26H2,1-2H3. The second kappa shape index (κ2) is 19.1. The van der Waals surface area contributed by atoms with Crippen LogP contribution < -0.4 is 18.9 Å². The number of halogens is 1. The predicted octanol–water partition coefficient (Wildman–Crippen LogP) is 10.4. The maximum Gasteiger partial charge on any atom is 0.343 e. The molecule has 0 spiro atoms. The number of hydrogen-bond donors (Lipinski definition) is 0. The number of hydrogen-bond acceptors (Lipinski definition) is 7. The van der Waals surface area contributed by atoms with E-state index in [0.29, 0.717) is 52.1 Å². The van der Waals surface area contributed by atoms with Crippen molar-refractivity contribution >= 4 is 35.4 Å². The van der Waals surface area contributed by atoms with Crippen molar-refractivity contribution in [1.29, 1.82) is 0 Å². The van der Waals surface area contributed by atoms with E-state index in [2.05, 4.69) is 18.8 Å². The number of benzene rings is 4. The average molecular weight is 656 g/mol. The number of unbranched alkanes of at least 4 members (excludes halogenated alkanes) is 6. The molecule has 0 unspecified atom stereocenters. The first kappa shape index (κ1) is 35.2. The van der Waals surface area contributed by atoms with Gasteiger partial charge in [-0.15, -0.1) is 0 Å². The van der Waals surface area contributed by atoms with Crippen molar-refractivity contribution in [2.24, 2.45) is 4.99 Å². The second-order valence-electron chi connectivity index (χ2n) is 11.1. The van der Waals surface area contributed by atoms with Gasteiger partial charge in [-0.25, -0.2) is 9.59 Å². The zero-order chi connectivity index (χ0) is 33.3. The van der Waals surface area contributed by atoms with E-state index in [1.807, 2.05) is 0 Å². The summed E-state index contributed by atoms with van der Waals surface area (Å²) in [7, 11) is 0. The zero-order valence-corrected chi connectivity index (χ0v) is 27.8. The van der Waals surface area contributed by atoms with Gasteiger partial charge >= 0.3 is 11.9 Å². The summed E-state index contributed by atoms with van der Waals surface area (Å²) in [5.74, 6) is 0.850. The molecule has 0 bridgehead atoms. The third kappa shape index (κ3) is 11.9. The molecular formula is C39H42ClNO6. The van der Waals surface area contributed by atoms with Gasteiger partial charge in [-0.2, -0.15) is 0 Å². The first-order chi connectivity index (χ1) is 22.9. The third-order valence-electron chi connectivity index (χ3n) is 7.29. The summed E-state index contributed by atoms with van der Waals surface area (Å²) in [6, 6.07) is 25.5. The van der Waals surface area contributed by atoms with Crippen molar-refractivity contribution in [3.63, 3.8) is 0 Å². The minimum Gasteiger partial charge on any atom is -0.494 e. The Morgan fingerprint density at radius 1 is 0.617 bits per heavy atom. The van der Waals surface area contributed by atoms with Crippen LogP contribution in [-0.4, -0.2) is 31.4 Å². The molecule has 246 valence electrons. The van der Waals surface area contributed by atoms with E-state index in [-0.39, 0.29) is 11.5 Å². The molecular weight excluding hydrogens is 614 g/mol. The number of ether oxygens (including phenoxy) is 4. The molecule has 0 atom stereocenters. The first-order valence-electron chi connectivity index (χ1n) is 16.3. The van der Waals surface area contributed by atoms with E-state index < -0.39 is 11.9 Å². The first-order valence-corrected chi connectivity index (χ1v) is 16.7. The van der Waals surface area contributed by atoms with E-state index in [9.17, 15) is 9.59 Å². The molecule has 0 aliphatic heterocycles. The molecule has 4 aromatic carbocycles. The fourth-order valence-electron chi connectivity index (χ4n) is 4.59. The Morgan fingerprint density at radius 2 is 1.13 bits per heavy atom. The maximum atomic E-state index is 13.1. The Kier molecular flexibility index (Phi) is 14.3. The minimum atomic E-state index is -0.543. The number of rotatable bonds is 18. The van der Waals surface area contributed by atoms with Crippen LogP contribution in [0, 0.1) is 0 Å². The number of nitrogens with zero attached hydrogens (tertiary/aromatic N) is 1. The quantitative estimate of drug-likeness (QED) is 0.0459. The van der Waals surface area contributed by atoms with Crippen LogP contribution in [0.3, 0.4) is 0 Å². The highest BCUT2D eigenvalue weighted by molar-refractivity contribution is 6.30. The molecule has 0 aromatic heterocycles. The molecule has 0 saturated heterocycles. The smallest absolute Gasteiger partial charge is 0.343 e. The molecule has 0 N–H and O–H groups in total. The molecule has 0 saturated carbocycles. The number of carbonyl (C=O) groups is 2. The Balaban J connectivity index is 1.44. The molecule has 0 amide bonds. The minimum absolute atomic E-state index is 0.254. The Bertz CT molecular complexity index is 1580. The highest BCUT2D eigenvalue weighted by atomic mass is 35.5. The molecule has 0 fully saturated rings. The van der Waals surface area contributed by atoms with Crippen LogP contribution in [0.25, 0.3) is 0 Å². The van der Waals surface area contributed by atoms with Crippen LogP contribution in [0.4, 0.5) is 5.69 Å². The highest BCUT2D eigenvalue weighted by Crippen LogP contribution is 2.27. The van der Waals surface area contributed by atoms with E-state index in [0.717, 1.165) is 25.7 Å².